The highest BCUT2D eigenvalue weighted by molar-refractivity contribution is 8.13. The van der Waals surface area contributed by atoms with Gasteiger partial charge in [-0.05, 0) is 24.8 Å². The van der Waals surface area contributed by atoms with E-state index in [9.17, 15) is 4.79 Å². The maximum absolute atomic E-state index is 11.6. The minimum Gasteiger partial charge on any atom is -0.465 e. The number of para-hydroxylation sites is 1. The topological polar surface area (TPSA) is 74.5 Å². The van der Waals surface area contributed by atoms with Gasteiger partial charge in [-0.15, -0.1) is 0 Å². The molecule has 0 bridgehead atoms. The highest BCUT2D eigenvalue weighted by atomic mass is 32.2. The summed E-state index contributed by atoms with van der Waals surface area (Å²) in [6, 6.07) is 5.24. The molecule has 0 amide bonds. The molecule has 0 aromatic heterocycles. The number of nitrogens with zero attached hydrogens (tertiary/aromatic N) is 2. The largest absolute Gasteiger partial charge is 0.465 e. The number of benzene rings is 1. The van der Waals surface area contributed by atoms with Crippen molar-refractivity contribution in [1.29, 1.82) is 5.26 Å². The second-order valence-corrected chi connectivity index (χ2v) is 4.12. The van der Waals surface area contributed by atoms with Crippen molar-refractivity contribution in [2.45, 2.75) is 6.92 Å². The molecule has 6 heteroatoms. The Morgan fingerprint density at radius 3 is 2.83 bits per heavy atom. The summed E-state index contributed by atoms with van der Waals surface area (Å²) in [5.41, 5.74) is 1.73. The fourth-order valence-corrected chi connectivity index (χ4v) is 1.69. The molecule has 1 rings (SSSR count). The van der Waals surface area contributed by atoms with E-state index in [2.05, 4.69) is 10.3 Å². The van der Waals surface area contributed by atoms with Crippen LogP contribution in [-0.4, -0.2) is 24.5 Å². The van der Waals surface area contributed by atoms with Crippen LogP contribution in [0.5, 0.6) is 0 Å². The van der Waals surface area contributed by atoms with Crippen molar-refractivity contribution in [2.24, 2.45) is 4.99 Å². The molecule has 0 aliphatic carbocycles. The van der Waals surface area contributed by atoms with Gasteiger partial charge in [0.1, 0.15) is 0 Å². The van der Waals surface area contributed by atoms with Crippen molar-refractivity contribution in [2.75, 3.05) is 13.4 Å². The molecular weight excluding hydrogens is 250 g/mol. The van der Waals surface area contributed by atoms with E-state index >= 15 is 0 Å². The van der Waals surface area contributed by atoms with E-state index in [4.69, 9.17) is 10.00 Å². The first-order valence-corrected chi connectivity index (χ1v) is 6.32. The molecule has 18 heavy (non-hydrogen) atoms. The zero-order valence-corrected chi connectivity index (χ0v) is 11.2. The average molecular weight is 263 g/mol. The van der Waals surface area contributed by atoms with Gasteiger partial charge in [-0.1, -0.05) is 23.9 Å². The number of carbonyl (C=O) groups is 1. The number of methoxy groups -OCH3 is 1. The number of aryl methyl sites for hydroxylation is 1. The van der Waals surface area contributed by atoms with Gasteiger partial charge in [0, 0.05) is 0 Å². The highest BCUT2D eigenvalue weighted by Crippen LogP contribution is 2.25. The minimum atomic E-state index is -0.449. The third-order valence-electron chi connectivity index (χ3n) is 2.21. The van der Waals surface area contributed by atoms with Gasteiger partial charge in [-0.25, -0.2) is 9.79 Å². The van der Waals surface area contributed by atoms with Crippen LogP contribution in [0, 0.1) is 18.4 Å². The number of amidine groups is 1. The maximum Gasteiger partial charge on any atom is 0.340 e. The van der Waals surface area contributed by atoms with Crippen LogP contribution in [0.15, 0.2) is 23.2 Å². The molecule has 0 saturated carbocycles. The third-order valence-corrected chi connectivity index (χ3v) is 2.79. The molecule has 0 aliphatic heterocycles. The lowest BCUT2D eigenvalue weighted by atomic mass is 10.1. The number of aliphatic imine (C=N–C) groups is 1. The van der Waals surface area contributed by atoms with Crippen molar-refractivity contribution in [1.82, 2.24) is 5.32 Å². The molecule has 0 radical (unpaired) electrons. The fraction of sp³-hybridized carbons (Fsp3) is 0.250. The molecule has 5 nitrogen and oxygen atoms in total. The summed E-state index contributed by atoms with van der Waals surface area (Å²) in [7, 11) is 1.32. The number of nitrogens with one attached hydrogen (secondary N) is 1. The lowest BCUT2D eigenvalue weighted by molar-refractivity contribution is 0.0601. The van der Waals surface area contributed by atoms with Crippen molar-refractivity contribution in [3.05, 3.63) is 29.3 Å². The number of hydrogen-bond acceptors (Lipinski definition) is 5. The number of thioether (sulfide) groups is 1. The van der Waals surface area contributed by atoms with E-state index in [1.165, 1.54) is 18.9 Å². The molecule has 1 aromatic rings. The van der Waals surface area contributed by atoms with Crippen molar-refractivity contribution < 1.29 is 9.53 Å². The Labute approximate surface area is 110 Å². The van der Waals surface area contributed by atoms with E-state index in [-0.39, 0.29) is 0 Å². The Balaban J connectivity index is 3.30. The molecule has 0 unspecified atom stereocenters. The Hall–Kier alpha value is -2.00. The van der Waals surface area contributed by atoms with Crippen LogP contribution in [0.4, 0.5) is 5.69 Å². The lowest BCUT2D eigenvalue weighted by Crippen LogP contribution is -2.13. The normalized spacial score (nSPS) is 10.7. The molecular formula is C12H13N3O2S. The monoisotopic (exact) mass is 263 g/mol. The average Bonchev–Trinajstić information content (AvgIpc) is 2.39. The van der Waals surface area contributed by atoms with Crippen LogP contribution < -0.4 is 5.32 Å². The number of carbonyl (C=O) groups excluding carboxylic acids is 1. The van der Waals surface area contributed by atoms with E-state index in [1.807, 2.05) is 13.0 Å². The number of rotatable bonds is 2. The quantitative estimate of drug-likeness (QED) is 0.291. The van der Waals surface area contributed by atoms with Crippen molar-refractivity contribution in [3.63, 3.8) is 0 Å². The minimum absolute atomic E-state index is 0.379. The van der Waals surface area contributed by atoms with Crippen LogP contribution in [0.25, 0.3) is 0 Å². The second-order valence-electron chi connectivity index (χ2n) is 3.32. The third kappa shape index (κ3) is 3.25. The molecule has 0 spiro atoms. The van der Waals surface area contributed by atoms with Crippen molar-refractivity contribution in [3.8, 4) is 6.19 Å². The van der Waals surface area contributed by atoms with Gasteiger partial charge < -0.3 is 4.74 Å². The Morgan fingerprint density at radius 2 is 2.28 bits per heavy atom. The fourth-order valence-electron chi connectivity index (χ4n) is 1.36. The van der Waals surface area contributed by atoms with Crippen LogP contribution in [0.2, 0.25) is 0 Å². The highest BCUT2D eigenvalue weighted by Gasteiger charge is 2.13. The van der Waals surface area contributed by atoms with Gasteiger partial charge >= 0.3 is 5.97 Å². The van der Waals surface area contributed by atoms with Crippen LogP contribution in [-0.2, 0) is 4.74 Å². The molecule has 0 atom stereocenters. The smallest absolute Gasteiger partial charge is 0.340 e. The summed E-state index contributed by atoms with van der Waals surface area (Å²) in [5, 5.41) is 11.5. The number of hydrogen-bond donors (Lipinski definition) is 1. The number of ether oxygens (including phenoxy) is 1. The van der Waals surface area contributed by atoms with Gasteiger partial charge in [0.2, 0.25) is 0 Å². The summed E-state index contributed by atoms with van der Waals surface area (Å²) >= 11 is 1.29. The van der Waals surface area contributed by atoms with Gasteiger partial charge in [0.25, 0.3) is 0 Å². The predicted molar refractivity (Wildman–Crippen MR) is 71.9 cm³/mol. The number of nitriles is 1. The van der Waals surface area contributed by atoms with Crippen LogP contribution in [0.1, 0.15) is 15.9 Å². The van der Waals surface area contributed by atoms with E-state index in [1.54, 1.807) is 24.6 Å². The van der Waals surface area contributed by atoms with E-state index < -0.39 is 5.97 Å². The predicted octanol–water partition coefficient (Wildman–Crippen LogP) is 2.20. The molecule has 1 aromatic carbocycles. The van der Waals surface area contributed by atoms with Gasteiger partial charge in [0.05, 0.1) is 18.4 Å². The van der Waals surface area contributed by atoms with Gasteiger partial charge in [-0.2, -0.15) is 5.26 Å². The molecule has 0 aliphatic rings. The van der Waals surface area contributed by atoms with Crippen LogP contribution in [0.3, 0.4) is 0 Å². The Bertz CT molecular complexity index is 521. The number of esters is 1. The van der Waals surface area contributed by atoms with Crippen LogP contribution >= 0.6 is 11.8 Å². The maximum atomic E-state index is 11.6. The van der Waals surface area contributed by atoms with Gasteiger partial charge in [-0.3, -0.25) is 5.32 Å². The molecule has 0 saturated heterocycles. The summed E-state index contributed by atoms with van der Waals surface area (Å²) < 4.78 is 4.71. The van der Waals surface area contributed by atoms with E-state index in [0.29, 0.717) is 16.4 Å². The van der Waals surface area contributed by atoms with Crippen molar-refractivity contribution >= 4 is 28.6 Å². The first kappa shape index (κ1) is 14.1. The van der Waals surface area contributed by atoms with E-state index in [0.717, 1.165) is 5.56 Å². The Kier molecular flexibility index (Phi) is 5.21. The second kappa shape index (κ2) is 6.67. The molecule has 0 fully saturated rings. The standard InChI is InChI=1S/C12H13N3O2S/c1-8-5-4-6-9(11(16)17-2)10(8)15-12(18-3)14-7-13/h4-6H,1-3H3,(H,14,15). The Morgan fingerprint density at radius 1 is 1.56 bits per heavy atom. The zero-order chi connectivity index (χ0) is 13.5. The lowest BCUT2D eigenvalue weighted by Gasteiger charge is -2.08. The molecule has 1 N–H and O–H groups in total. The van der Waals surface area contributed by atoms with Gasteiger partial charge in [0.15, 0.2) is 11.4 Å². The first-order chi connectivity index (χ1) is 8.63. The zero-order valence-electron chi connectivity index (χ0n) is 10.4. The summed E-state index contributed by atoms with van der Waals surface area (Å²) in [6.07, 6.45) is 3.59. The summed E-state index contributed by atoms with van der Waals surface area (Å²) in [6.45, 7) is 1.84. The molecule has 94 valence electrons. The SMILES string of the molecule is COC(=O)c1cccc(C)c1N=C(NC#N)SC. The summed E-state index contributed by atoms with van der Waals surface area (Å²) in [5.74, 6) is -0.449. The summed E-state index contributed by atoms with van der Waals surface area (Å²) in [4.78, 5) is 15.9. The first-order valence-electron chi connectivity index (χ1n) is 5.09. The molecule has 0 heterocycles.